The number of fused-ring (bicyclic) bond motifs is 1. The van der Waals surface area contributed by atoms with Gasteiger partial charge < -0.3 is 44.2 Å². The zero-order valence-electron chi connectivity index (χ0n) is 16.7. The van der Waals surface area contributed by atoms with Gasteiger partial charge in [0.15, 0.2) is 5.75 Å². The van der Waals surface area contributed by atoms with Crippen LogP contribution in [0.4, 0.5) is 0 Å². The molecular formula is C22H22O10. The number of aliphatic hydroxyl groups is 4. The summed E-state index contributed by atoms with van der Waals surface area (Å²) in [6.07, 6.45) is -7.26. The van der Waals surface area contributed by atoms with E-state index in [1.807, 2.05) is 30.3 Å². The molecule has 0 aliphatic carbocycles. The van der Waals surface area contributed by atoms with Crippen molar-refractivity contribution in [2.24, 2.45) is 0 Å². The monoisotopic (exact) mass is 446 g/mol. The molecule has 10 heteroatoms. The van der Waals surface area contributed by atoms with E-state index in [9.17, 15) is 30.3 Å². The molecule has 0 unspecified atom stereocenters. The first kappa shape index (κ1) is 22.1. The Bertz CT molecular complexity index is 1130. The molecule has 32 heavy (non-hydrogen) atoms. The van der Waals surface area contributed by atoms with Gasteiger partial charge in [0.25, 0.3) is 0 Å². The summed E-state index contributed by atoms with van der Waals surface area (Å²) in [4.78, 5) is 12.3. The zero-order valence-corrected chi connectivity index (χ0v) is 16.7. The predicted molar refractivity (Wildman–Crippen MR) is 109 cm³/mol. The van der Waals surface area contributed by atoms with Crippen molar-refractivity contribution in [1.82, 2.24) is 0 Å². The van der Waals surface area contributed by atoms with E-state index in [2.05, 4.69) is 0 Å². The Hall–Kier alpha value is -3.15. The first-order chi connectivity index (χ1) is 15.4. The van der Waals surface area contributed by atoms with Crippen molar-refractivity contribution in [3.05, 3.63) is 64.5 Å². The molecule has 2 heterocycles. The normalized spacial score (nSPS) is 25.6. The molecule has 1 aromatic heterocycles. The molecular weight excluding hydrogens is 424 g/mol. The van der Waals surface area contributed by atoms with Crippen LogP contribution in [-0.2, 0) is 11.3 Å². The number of hydrogen-bond acceptors (Lipinski definition) is 10. The summed E-state index contributed by atoms with van der Waals surface area (Å²) in [6.45, 7) is -0.542. The fraction of sp³-hybridized carbons (Fsp3) is 0.318. The summed E-state index contributed by atoms with van der Waals surface area (Å²) in [6, 6.07) is 13.2. The fourth-order valence-electron chi connectivity index (χ4n) is 3.38. The molecule has 5 N–H and O–H groups in total. The van der Waals surface area contributed by atoms with Crippen LogP contribution in [0, 0.1) is 0 Å². The van der Waals surface area contributed by atoms with Crippen molar-refractivity contribution in [3.8, 4) is 17.2 Å². The van der Waals surface area contributed by atoms with Crippen molar-refractivity contribution < 1.29 is 44.2 Å². The summed E-state index contributed by atoms with van der Waals surface area (Å²) < 4.78 is 21.5. The topological polar surface area (TPSA) is 159 Å². The van der Waals surface area contributed by atoms with Crippen molar-refractivity contribution in [1.29, 1.82) is 0 Å². The highest BCUT2D eigenvalue weighted by Gasteiger charge is 2.44. The molecule has 4 rings (SSSR count). The smallest absolute Gasteiger partial charge is 0.383 e. The Balaban J connectivity index is 1.56. The van der Waals surface area contributed by atoms with Gasteiger partial charge in [-0.2, -0.15) is 0 Å². The molecule has 1 fully saturated rings. The Morgan fingerprint density at radius 1 is 0.969 bits per heavy atom. The van der Waals surface area contributed by atoms with Crippen molar-refractivity contribution in [2.75, 3.05) is 6.61 Å². The van der Waals surface area contributed by atoms with Crippen LogP contribution >= 0.6 is 0 Å². The molecule has 0 radical (unpaired) electrons. The maximum Gasteiger partial charge on any atom is 0.383 e. The van der Waals surface area contributed by atoms with Gasteiger partial charge in [-0.15, -0.1) is 0 Å². The number of aliphatic hydroxyl groups excluding tert-OH is 4. The Morgan fingerprint density at radius 3 is 2.44 bits per heavy atom. The second-order valence-corrected chi connectivity index (χ2v) is 7.31. The molecule has 2 aromatic carbocycles. The second kappa shape index (κ2) is 9.15. The SMILES string of the molecule is O=c1oc2cc(O[C@H]3O[C@H](CO)[C@@H](O)[C@H](O)[C@@H]3O)ccc2c(O)c1OCc1ccccc1. The average Bonchev–Trinajstić information content (AvgIpc) is 2.79. The van der Waals surface area contributed by atoms with Gasteiger partial charge in [0, 0.05) is 6.07 Å². The number of rotatable bonds is 6. The average molecular weight is 446 g/mol. The Morgan fingerprint density at radius 2 is 1.72 bits per heavy atom. The van der Waals surface area contributed by atoms with Crippen LogP contribution in [0.5, 0.6) is 17.2 Å². The van der Waals surface area contributed by atoms with Crippen LogP contribution in [0.1, 0.15) is 5.56 Å². The fourth-order valence-corrected chi connectivity index (χ4v) is 3.38. The van der Waals surface area contributed by atoms with Crippen molar-refractivity contribution in [3.63, 3.8) is 0 Å². The summed E-state index contributed by atoms with van der Waals surface area (Å²) in [5.41, 5.74) is -0.104. The number of benzene rings is 2. The van der Waals surface area contributed by atoms with Crippen molar-refractivity contribution >= 4 is 11.0 Å². The van der Waals surface area contributed by atoms with E-state index in [0.29, 0.717) is 0 Å². The van der Waals surface area contributed by atoms with Crippen LogP contribution < -0.4 is 15.1 Å². The molecule has 0 bridgehead atoms. The van der Waals surface area contributed by atoms with E-state index in [1.165, 1.54) is 18.2 Å². The molecule has 1 aliphatic heterocycles. The summed E-state index contributed by atoms with van der Waals surface area (Å²) in [5.74, 6) is -0.641. The molecule has 170 valence electrons. The molecule has 1 saturated heterocycles. The van der Waals surface area contributed by atoms with E-state index in [-0.39, 0.29) is 29.1 Å². The summed E-state index contributed by atoms with van der Waals surface area (Å²) in [5, 5.41) is 49.8. The minimum Gasteiger partial charge on any atom is -0.504 e. The van der Waals surface area contributed by atoms with Gasteiger partial charge >= 0.3 is 5.63 Å². The third-order valence-electron chi connectivity index (χ3n) is 5.14. The van der Waals surface area contributed by atoms with Gasteiger partial charge in [-0.05, 0) is 17.7 Å². The van der Waals surface area contributed by atoms with E-state index < -0.39 is 48.7 Å². The standard InChI is InChI=1S/C22H22O10/c23-9-15-17(25)18(26)19(27)22(32-15)30-12-6-7-13-14(8-12)31-21(28)20(16(13)24)29-10-11-4-2-1-3-5-11/h1-8,15,17-19,22-27H,9-10H2/t15-,17-,18+,19+,22+/m1/s1. The molecule has 0 spiro atoms. The Labute approximate surface area is 181 Å². The lowest BCUT2D eigenvalue weighted by Crippen LogP contribution is -2.60. The van der Waals surface area contributed by atoms with Crippen LogP contribution in [0.2, 0.25) is 0 Å². The number of aromatic hydroxyl groups is 1. The van der Waals surface area contributed by atoms with Gasteiger partial charge in [-0.1, -0.05) is 30.3 Å². The number of hydrogen-bond donors (Lipinski definition) is 5. The number of ether oxygens (including phenoxy) is 3. The highest BCUT2D eigenvalue weighted by molar-refractivity contribution is 5.86. The van der Waals surface area contributed by atoms with Gasteiger partial charge in [0.1, 0.15) is 42.4 Å². The predicted octanol–water partition coefficient (Wildman–Crippen LogP) is 0.256. The Kier molecular flexibility index (Phi) is 6.31. The maximum absolute atomic E-state index is 12.3. The maximum atomic E-state index is 12.3. The largest absolute Gasteiger partial charge is 0.504 e. The van der Waals surface area contributed by atoms with Gasteiger partial charge in [-0.25, -0.2) is 4.79 Å². The second-order valence-electron chi connectivity index (χ2n) is 7.31. The van der Waals surface area contributed by atoms with Crippen LogP contribution in [-0.4, -0.2) is 62.8 Å². The molecule has 0 amide bonds. The molecule has 10 nitrogen and oxygen atoms in total. The van der Waals surface area contributed by atoms with Crippen LogP contribution in [0.25, 0.3) is 11.0 Å². The minimum atomic E-state index is -1.60. The van der Waals surface area contributed by atoms with Crippen LogP contribution in [0.3, 0.4) is 0 Å². The molecule has 0 saturated carbocycles. The highest BCUT2D eigenvalue weighted by atomic mass is 16.7. The third kappa shape index (κ3) is 4.27. The molecule has 1 aliphatic rings. The summed E-state index contributed by atoms with van der Waals surface area (Å²) >= 11 is 0. The van der Waals surface area contributed by atoms with E-state index in [0.717, 1.165) is 5.56 Å². The quantitative estimate of drug-likeness (QED) is 0.332. The van der Waals surface area contributed by atoms with E-state index >= 15 is 0 Å². The first-order valence-corrected chi connectivity index (χ1v) is 9.82. The van der Waals surface area contributed by atoms with Gasteiger partial charge in [-0.3, -0.25) is 0 Å². The van der Waals surface area contributed by atoms with E-state index in [1.54, 1.807) is 0 Å². The minimum absolute atomic E-state index is 0.0124. The molecule has 5 atom stereocenters. The first-order valence-electron chi connectivity index (χ1n) is 9.82. The lowest BCUT2D eigenvalue weighted by molar-refractivity contribution is -0.277. The lowest BCUT2D eigenvalue weighted by atomic mass is 9.99. The third-order valence-corrected chi connectivity index (χ3v) is 5.14. The summed E-state index contributed by atoms with van der Waals surface area (Å²) in [7, 11) is 0. The molecule has 3 aromatic rings. The van der Waals surface area contributed by atoms with Gasteiger partial charge in [0.2, 0.25) is 12.0 Å². The highest BCUT2D eigenvalue weighted by Crippen LogP contribution is 2.34. The zero-order chi connectivity index (χ0) is 22.8. The van der Waals surface area contributed by atoms with Crippen molar-refractivity contribution in [2.45, 2.75) is 37.3 Å². The van der Waals surface area contributed by atoms with Crippen LogP contribution in [0.15, 0.2) is 57.7 Å². The van der Waals surface area contributed by atoms with E-state index in [4.69, 9.17) is 18.6 Å². The van der Waals surface area contributed by atoms with Gasteiger partial charge in [0.05, 0.1) is 12.0 Å². The lowest BCUT2D eigenvalue weighted by Gasteiger charge is -2.39.